The van der Waals surface area contributed by atoms with Crippen molar-refractivity contribution in [1.29, 1.82) is 0 Å². The van der Waals surface area contributed by atoms with Crippen molar-refractivity contribution in [2.75, 3.05) is 5.32 Å². The van der Waals surface area contributed by atoms with E-state index < -0.39 is 0 Å². The van der Waals surface area contributed by atoms with Gasteiger partial charge < -0.3 is 5.32 Å². The van der Waals surface area contributed by atoms with E-state index in [1.165, 1.54) is 0 Å². The molecule has 0 saturated carbocycles. The average Bonchev–Trinajstić information content (AvgIpc) is 2.19. The van der Waals surface area contributed by atoms with Crippen molar-refractivity contribution in [2.45, 2.75) is 46.0 Å². The second-order valence-corrected chi connectivity index (χ2v) is 6.15. The van der Waals surface area contributed by atoms with E-state index >= 15 is 0 Å². The van der Waals surface area contributed by atoms with E-state index in [0.29, 0.717) is 6.42 Å². The van der Waals surface area contributed by atoms with Gasteiger partial charge in [-0.05, 0) is 35.6 Å². The second-order valence-electron chi connectivity index (χ2n) is 5.24. The summed E-state index contributed by atoms with van der Waals surface area (Å²) in [7, 11) is 0. The predicted molar refractivity (Wildman–Crippen MR) is 76.4 cm³/mol. The number of nitrogens with one attached hydrogen (secondary N) is 1. The van der Waals surface area contributed by atoms with Crippen LogP contribution in [-0.2, 0) is 10.2 Å². The van der Waals surface area contributed by atoms with Crippen LogP contribution in [0.5, 0.6) is 0 Å². The summed E-state index contributed by atoms with van der Waals surface area (Å²) in [6.45, 7) is 8.44. The number of benzene rings is 1. The SMILES string of the molecule is CCCC(=O)Nc1ccc(Br)cc1C(C)(C)C. The van der Waals surface area contributed by atoms with Crippen LogP contribution in [0, 0.1) is 0 Å². The molecule has 0 aliphatic rings. The predicted octanol–water partition coefficient (Wildman–Crippen LogP) is 4.49. The molecule has 0 unspecified atom stereocenters. The molecule has 0 aliphatic heterocycles. The maximum absolute atomic E-state index is 11.7. The van der Waals surface area contributed by atoms with Crippen LogP contribution in [-0.4, -0.2) is 5.91 Å². The fourth-order valence-electron chi connectivity index (χ4n) is 1.69. The van der Waals surface area contributed by atoms with Gasteiger partial charge in [-0.2, -0.15) is 0 Å². The van der Waals surface area contributed by atoms with Crippen molar-refractivity contribution in [1.82, 2.24) is 0 Å². The third kappa shape index (κ3) is 4.15. The Morgan fingerprint density at radius 1 is 1.35 bits per heavy atom. The zero-order valence-corrected chi connectivity index (χ0v) is 12.5. The van der Waals surface area contributed by atoms with Crippen molar-refractivity contribution < 1.29 is 4.79 Å². The Kier molecular flexibility index (Phi) is 4.75. The summed E-state index contributed by atoms with van der Waals surface area (Å²) in [5, 5.41) is 2.99. The molecule has 1 rings (SSSR count). The molecule has 0 heterocycles. The lowest BCUT2D eigenvalue weighted by molar-refractivity contribution is -0.116. The van der Waals surface area contributed by atoms with Gasteiger partial charge in [0.15, 0.2) is 0 Å². The number of anilines is 1. The standard InChI is InChI=1S/C14H20BrNO/c1-5-6-13(17)16-12-8-7-10(15)9-11(12)14(2,3)4/h7-9H,5-6H2,1-4H3,(H,16,17). The molecule has 2 nitrogen and oxygen atoms in total. The minimum atomic E-state index is 0.0125. The van der Waals surface area contributed by atoms with Crippen molar-refractivity contribution in [3.05, 3.63) is 28.2 Å². The number of hydrogen-bond acceptors (Lipinski definition) is 1. The van der Waals surface area contributed by atoms with Crippen LogP contribution < -0.4 is 5.32 Å². The van der Waals surface area contributed by atoms with Crippen molar-refractivity contribution in [3.8, 4) is 0 Å². The molecule has 0 atom stereocenters. The largest absolute Gasteiger partial charge is 0.326 e. The number of amides is 1. The lowest BCUT2D eigenvalue weighted by Gasteiger charge is -2.23. The Morgan fingerprint density at radius 3 is 2.53 bits per heavy atom. The van der Waals surface area contributed by atoms with Crippen molar-refractivity contribution in [2.24, 2.45) is 0 Å². The van der Waals surface area contributed by atoms with E-state index in [4.69, 9.17) is 0 Å². The van der Waals surface area contributed by atoms with Crippen LogP contribution in [0.25, 0.3) is 0 Å². The summed E-state index contributed by atoms with van der Waals surface area (Å²) in [5.41, 5.74) is 2.08. The van der Waals surface area contributed by atoms with E-state index in [9.17, 15) is 4.79 Å². The first-order valence-electron chi connectivity index (χ1n) is 5.94. The third-order valence-corrected chi connectivity index (χ3v) is 3.03. The number of halogens is 1. The van der Waals surface area contributed by atoms with Gasteiger partial charge in [-0.15, -0.1) is 0 Å². The molecule has 0 aliphatic carbocycles. The van der Waals surface area contributed by atoms with Crippen LogP contribution in [0.15, 0.2) is 22.7 Å². The molecule has 0 radical (unpaired) electrons. The van der Waals surface area contributed by atoms with Crippen LogP contribution in [0.1, 0.15) is 46.1 Å². The molecule has 0 saturated heterocycles. The molecule has 0 fully saturated rings. The first kappa shape index (κ1) is 14.2. The van der Waals surface area contributed by atoms with Crippen LogP contribution in [0.2, 0.25) is 0 Å². The highest BCUT2D eigenvalue weighted by Crippen LogP contribution is 2.32. The molecular formula is C14H20BrNO. The summed E-state index contributed by atoms with van der Waals surface area (Å²) < 4.78 is 1.04. The topological polar surface area (TPSA) is 29.1 Å². The number of rotatable bonds is 3. The zero-order chi connectivity index (χ0) is 13.1. The molecular weight excluding hydrogens is 278 g/mol. The van der Waals surface area contributed by atoms with E-state index in [2.05, 4.69) is 48.1 Å². The van der Waals surface area contributed by atoms with Crippen LogP contribution in [0.4, 0.5) is 5.69 Å². The van der Waals surface area contributed by atoms with Gasteiger partial charge in [0.25, 0.3) is 0 Å². The highest BCUT2D eigenvalue weighted by Gasteiger charge is 2.19. The maximum Gasteiger partial charge on any atom is 0.224 e. The maximum atomic E-state index is 11.7. The summed E-state index contributed by atoms with van der Waals surface area (Å²) in [5.74, 6) is 0.0836. The minimum Gasteiger partial charge on any atom is -0.326 e. The van der Waals surface area contributed by atoms with Gasteiger partial charge in [0, 0.05) is 16.6 Å². The Labute approximate surface area is 112 Å². The van der Waals surface area contributed by atoms with Crippen molar-refractivity contribution >= 4 is 27.5 Å². The van der Waals surface area contributed by atoms with Gasteiger partial charge in [-0.1, -0.05) is 43.6 Å². The van der Waals surface area contributed by atoms with Gasteiger partial charge in [-0.25, -0.2) is 0 Å². The molecule has 1 aromatic rings. The fraction of sp³-hybridized carbons (Fsp3) is 0.500. The second kappa shape index (κ2) is 5.67. The number of carbonyl (C=O) groups is 1. The fourth-order valence-corrected chi connectivity index (χ4v) is 2.05. The molecule has 1 aromatic carbocycles. The van der Waals surface area contributed by atoms with Crippen molar-refractivity contribution in [3.63, 3.8) is 0 Å². The lowest BCUT2D eigenvalue weighted by Crippen LogP contribution is -2.18. The van der Waals surface area contributed by atoms with Gasteiger partial charge in [-0.3, -0.25) is 4.79 Å². The molecule has 94 valence electrons. The first-order chi connectivity index (χ1) is 7.84. The Morgan fingerprint density at radius 2 is 2.00 bits per heavy atom. The summed E-state index contributed by atoms with van der Waals surface area (Å²) >= 11 is 3.47. The van der Waals surface area contributed by atoms with Crippen LogP contribution >= 0.6 is 15.9 Å². The molecule has 0 aromatic heterocycles. The Bertz CT molecular complexity index is 407. The highest BCUT2D eigenvalue weighted by atomic mass is 79.9. The minimum absolute atomic E-state index is 0.0125. The van der Waals surface area contributed by atoms with E-state index in [1.54, 1.807) is 0 Å². The lowest BCUT2D eigenvalue weighted by atomic mass is 9.86. The van der Waals surface area contributed by atoms with Gasteiger partial charge in [0.1, 0.15) is 0 Å². The number of carbonyl (C=O) groups excluding carboxylic acids is 1. The normalized spacial score (nSPS) is 11.4. The molecule has 0 bridgehead atoms. The van der Waals surface area contributed by atoms with E-state index in [1.807, 2.05) is 19.1 Å². The zero-order valence-electron chi connectivity index (χ0n) is 10.9. The Balaban J connectivity index is 3.03. The molecule has 1 amide bonds. The first-order valence-corrected chi connectivity index (χ1v) is 6.73. The smallest absolute Gasteiger partial charge is 0.224 e. The van der Waals surface area contributed by atoms with Gasteiger partial charge in [0.05, 0.1) is 0 Å². The quantitative estimate of drug-likeness (QED) is 0.875. The summed E-state index contributed by atoms with van der Waals surface area (Å²) in [4.78, 5) is 11.7. The number of hydrogen-bond donors (Lipinski definition) is 1. The molecule has 1 N–H and O–H groups in total. The van der Waals surface area contributed by atoms with Gasteiger partial charge >= 0.3 is 0 Å². The third-order valence-electron chi connectivity index (χ3n) is 2.54. The molecule has 17 heavy (non-hydrogen) atoms. The average molecular weight is 298 g/mol. The monoisotopic (exact) mass is 297 g/mol. The molecule has 0 spiro atoms. The van der Waals surface area contributed by atoms with E-state index in [-0.39, 0.29) is 11.3 Å². The summed E-state index contributed by atoms with van der Waals surface area (Å²) in [6.07, 6.45) is 1.44. The van der Waals surface area contributed by atoms with Crippen LogP contribution in [0.3, 0.4) is 0 Å². The van der Waals surface area contributed by atoms with Gasteiger partial charge in [0.2, 0.25) is 5.91 Å². The highest BCUT2D eigenvalue weighted by molar-refractivity contribution is 9.10. The molecule has 3 heteroatoms. The Hall–Kier alpha value is -0.830. The van der Waals surface area contributed by atoms with E-state index in [0.717, 1.165) is 22.1 Å². The summed E-state index contributed by atoms with van der Waals surface area (Å²) in [6, 6.07) is 5.98.